The summed E-state index contributed by atoms with van der Waals surface area (Å²) in [5.74, 6) is -0.135. The van der Waals surface area contributed by atoms with E-state index in [2.05, 4.69) is 41.4 Å². The van der Waals surface area contributed by atoms with Crippen LogP contribution in [0.15, 0.2) is 54.6 Å². The van der Waals surface area contributed by atoms with Gasteiger partial charge in [-0.3, -0.25) is 9.69 Å². The maximum absolute atomic E-state index is 12.6. The molecule has 2 aromatic rings. The van der Waals surface area contributed by atoms with Gasteiger partial charge in [0.25, 0.3) is 0 Å². The lowest BCUT2D eigenvalue weighted by Crippen LogP contribution is -2.55. The van der Waals surface area contributed by atoms with E-state index in [9.17, 15) is 4.79 Å². The Labute approximate surface area is 162 Å². The Morgan fingerprint density at radius 3 is 2.56 bits per heavy atom. The van der Waals surface area contributed by atoms with Gasteiger partial charge in [0.2, 0.25) is 0 Å². The van der Waals surface area contributed by atoms with Gasteiger partial charge < -0.3 is 10.1 Å². The van der Waals surface area contributed by atoms with Gasteiger partial charge in [-0.05, 0) is 29.7 Å². The minimum absolute atomic E-state index is 0.135. The Kier molecular flexibility index (Phi) is 7.43. The van der Waals surface area contributed by atoms with Gasteiger partial charge in [-0.2, -0.15) is 0 Å². The summed E-state index contributed by atoms with van der Waals surface area (Å²) in [6.07, 6.45) is 3.12. The Hall–Kier alpha value is -2.17. The van der Waals surface area contributed by atoms with Gasteiger partial charge in [0.15, 0.2) is 0 Å². The number of nitrogens with one attached hydrogen (secondary N) is 1. The Bertz CT molecular complexity index is 700. The second-order valence-electron chi connectivity index (χ2n) is 6.99. The van der Waals surface area contributed by atoms with E-state index >= 15 is 0 Å². The molecule has 1 aliphatic rings. The first-order valence-corrected chi connectivity index (χ1v) is 9.83. The van der Waals surface area contributed by atoms with Crippen molar-refractivity contribution in [1.29, 1.82) is 0 Å². The van der Waals surface area contributed by atoms with Crippen molar-refractivity contribution in [2.45, 2.75) is 31.9 Å². The number of unbranched alkanes of at least 4 members (excludes halogenated alkanes) is 2. The van der Waals surface area contributed by atoms with Crippen LogP contribution in [0, 0.1) is 6.92 Å². The van der Waals surface area contributed by atoms with Gasteiger partial charge in [-0.15, -0.1) is 0 Å². The molecule has 143 valence electrons. The molecule has 1 unspecified atom stereocenters. The molecule has 3 rings (SSSR count). The third-order valence-electron chi connectivity index (χ3n) is 5.01. The first-order chi connectivity index (χ1) is 13.3. The highest BCUT2D eigenvalue weighted by Gasteiger charge is 2.29. The van der Waals surface area contributed by atoms with Crippen LogP contribution in [0.5, 0.6) is 0 Å². The fourth-order valence-corrected chi connectivity index (χ4v) is 3.41. The van der Waals surface area contributed by atoms with Crippen LogP contribution in [-0.4, -0.2) is 43.1 Å². The maximum Gasteiger partial charge on any atom is 0.325 e. The zero-order valence-corrected chi connectivity index (χ0v) is 15.9. The number of piperazine rings is 1. The molecule has 0 bridgehead atoms. The summed E-state index contributed by atoms with van der Waals surface area (Å²) in [6, 6.07) is 18.3. The summed E-state index contributed by atoms with van der Waals surface area (Å²) in [4.78, 5) is 14.8. The molecule has 4 heteroatoms. The van der Waals surface area contributed by atoms with E-state index in [1.807, 2.05) is 30.3 Å². The molecule has 0 spiro atoms. The standard InChI is InChI=1S/C23H29N2O2/c1-2-3-7-15-25-16-14-24-17-22(25)23(26)27-18-19-10-12-21(13-11-19)20-8-5-4-6-9-20/h4-6,8-13,22,24H,1-3,7,14-18H2. The SMILES string of the molecule is [CH2]CCCCN1CCNCC1C(=O)OCc1ccc(-c2ccccc2)cc1. The van der Waals surface area contributed by atoms with Gasteiger partial charge in [-0.1, -0.05) is 74.4 Å². The Morgan fingerprint density at radius 2 is 1.81 bits per heavy atom. The van der Waals surface area contributed by atoms with E-state index in [1.165, 1.54) is 11.1 Å². The molecule has 0 aliphatic carbocycles. The first kappa shape index (κ1) is 19.6. The third kappa shape index (κ3) is 5.65. The van der Waals surface area contributed by atoms with E-state index < -0.39 is 0 Å². The minimum Gasteiger partial charge on any atom is -0.460 e. The predicted octanol–water partition coefficient (Wildman–Crippen LogP) is 3.67. The summed E-state index contributed by atoms with van der Waals surface area (Å²) in [5, 5.41) is 3.31. The van der Waals surface area contributed by atoms with Crippen LogP contribution in [0.2, 0.25) is 0 Å². The molecule has 1 atom stereocenters. The molecule has 0 amide bonds. The normalized spacial score (nSPS) is 17.6. The molecule has 0 aromatic heterocycles. The number of esters is 1. The van der Waals surface area contributed by atoms with Crippen molar-refractivity contribution >= 4 is 5.97 Å². The second-order valence-corrected chi connectivity index (χ2v) is 6.99. The predicted molar refractivity (Wildman–Crippen MR) is 109 cm³/mol. The summed E-state index contributed by atoms with van der Waals surface area (Å²) in [6.45, 7) is 7.62. The van der Waals surface area contributed by atoms with Crippen molar-refractivity contribution in [3.63, 3.8) is 0 Å². The number of benzene rings is 2. The van der Waals surface area contributed by atoms with Crippen molar-refractivity contribution < 1.29 is 9.53 Å². The topological polar surface area (TPSA) is 41.6 Å². The largest absolute Gasteiger partial charge is 0.460 e. The minimum atomic E-state index is -0.188. The number of carbonyl (C=O) groups excluding carboxylic acids is 1. The summed E-state index contributed by atoms with van der Waals surface area (Å²) >= 11 is 0. The summed E-state index contributed by atoms with van der Waals surface area (Å²) in [5.41, 5.74) is 3.36. The lowest BCUT2D eigenvalue weighted by Gasteiger charge is -2.34. The molecule has 2 aromatic carbocycles. The number of rotatable bonds is 8. The highest BCUT2D eigenvalue weighted by Crippen LogP contribution is 2.19. The number of hydrogen-bond acceptors (Lipinski definition) is 4. The fourth-order valence-electron chi connectivity index (χ4n) is 3.41. The molecule has 1 fully saturated rings. The maximum atomic E-state index is 12.6. The van der Waals surface area contributed by atoms with Crippen LogP contribution < -0.4 is 5.32 Å². The quantitative estimate of drug-likeness (QED) is 0.572. The number of carbonyl (C=O) groups is 1. The molecule has 0 saturated carbocycles. The van der Waals surface area contributed by atoms with Crippen LogP contribution in [0.3, 0.4) is 0 Å². The first-order valence-electron chi connectivity index (χ1n) is 9.83. The van der Waals surface area contributed by atoms with E-state index in [0.29, 0.717) is 13.2 Å². The zero-order chi connectivity index (χ0) is 18.9. The Morgan fingerprint density at radius 1 is 1.07 bits per heavy atom. The molecule has 1 radical (unpaired) electrons. The lowest BCUT2D eigenvalue weighted by molar-refractivity contribution is -0.152. The van der Waals surface area contributed by atoms with E-state index in [1.54, 1.807) is 0 Å². The van der Waals surface area contributed by atoms with Crippen LogP contribution >= 0.6 is 0 Å². The fraction of sp³-hybridized carbons (Fsp3) is 0.391. The molecular weight excluding hydrogens is 336 g/mol. The zero-order valence-electron chi connectivity index (χ0n) is 15.9. The van der Waals surface area contributed by atoms with Crippen LogP contribution in [-0.2, 0) is 16.1 Å². The van der Waals surface area contributed by atoms with Crippen LogP contribution in [0.25, 0.3) is 11.1 Å². The molecule has 1 saturated heterocycles. The number of hydrogen-bond donors (Lipinski definition) is 1. The third-order valence-corrected chi connectivity index (χ3v) is 5.01. The molecule has 1 N–H and O–H groups in total. The van der Waals surface area contributed by atoms with Gasteiger partial charge in [0.1, 0.15) is 12.6 Å². The molecular formula is C23H29N2O2. The second kappa shape index (κ2) is 10.2. The van der Waals surface area contributed by atoms with Gasteiger partial charge >= 0.3 is 5.97 Å². The average Bonchev–Trinajstić information content (AvgIpc) is 2.73. The van der Waals surface area contributed by atoms with Gasteiger partial charge in [0.05, 0.1) is 0 Å². The number of nitrogens with zero attached hydrogens (tertiary/aromatic N) is 1. The number of ether oxygens (including phenoxy) is 1. The molecule has 27 heavy (non-hydrogen) atoms. The monoisotopic (exact) mass is 365 g/mol. The highest BCUT2D eigenvalue weighted by molar-refractivity contribution is 5.76. The molecule has 1 heterocycles. The van der Waals surface area contributed by atoms with E-state index in [-0.39, 0.29) is 12.0 Å². The molecule has 4 nitrogen and oxygen atoms in total. The summed E-state index contributed by atoms with van der Waals surface area (Å²) < 4.78 is 5.62. The Balaban J connectivity index is 1.53. The highest BCUT2D eigenvalue weighted by atomic mass is 16.5. The smallest absolute Gasteiger partial charge is 0.325 e. The summed E-state index contributed by atoms with van der Waals surface area (Å²) in [7, 11) is 0. The van der Waals surface area contributed by atoms with Crippen molar-refractivity contribution in [3.8, 4) is 11.1 Å². The van der Waals surface area contributed by atoms with Crippen molar-refractivity contribution in [2.24, 2.45) is 0 Å². The average molecular weight is 365 g/mol. The van der Waals surface area contributed by atoms with Crippen molar-refractivity contribution in [3.05, 3.63) is 67.1 Å². The van der Waals surface area contributed by atoms with Gasteiger partial charge in [0, 0.05) is 19.6 Å². The van der Waals surface area contributed by atoms with E-state index in [4.69, 9.17) is 4.74 Å². The van der Waals surface area contributed by atoms with Gasteiger partial charge in [-0.25, -0.2) is 0 Å². The van der Waals surface area contributed by atoms with E-state index in [0.717, 1.165) is 44.5 Å². The van der Waals surface area contributed by atoms with Crippen molar-refractivity contribution in [2.75, 3.05) is 26.2 Å². The molecule has 1 aliphatic heterocycles. The van der Waals surface area contributed by atoms with Crippen LogP contribution in [0.1, 0.15) is 24.8 Å². The van der Waals surface area contributed by atoms with Crippen LogP contribution in [0.4, 0.5) is 0 Å². The van der Waals surface area contributed by atoms with Crippen molar-refractivity contribution in [1.82, 2.24) is 10.2 Å². The lowest BCUT2D eigenvalue weighted by atomic mass is 10.0.